The van der Waals surface area contributed by atoms with Crippen LogP contribution in [0.15, 0.2) is 6.20 Å². The molecule has 1 aliphatic rings. The van der Waals surface area contributed by atoms with Crippen LogP contribution in [0.3, 0.4) is 0 Å². The lowest BCUT2D eigenvalue weighted by Crippen LogP contribution is -2.40. The molecule has 0 aromatic carbocycles. The number of carbonyl (C=O) groups is 1. The van der Waals surface area contributed by atoms with Crippen LogP contribution in [0.25, 0.3) is 0 Å². The number of hydrogen-bond donors (Lipinski definition) is 2. The number of nitrogens with two attached hydrogens (primary N) is 1. The Bertz CT molecular complexity index is 440. The molecule has 6 nitrogen and oxygen atoms in total. The molecule has 0 saturated heterocycles. The molecule has 0 spiro atoms. The lowest BCUT2D eigenvalue weighted by atomic mass is 9.75. The number of aromatic nitrogens is 3. The number of nitrogens with zero attached hydrogens (tertiary/aromatic N) is 3. The fourth-order valence-electron chi connectivity index (χ4n) is 2.72. The Hall–Kier alpha value is -1.43. The zero-order valence-corrected chi connectivity index (χ0v) is 11.7. The summed E-state index contributed by atoms with van der Waals surface area (Å²) in [4.78, 5) is 12.1. The number of hydrogen-bond acceptors (Lipinski definition) is 4. The van der Waals surface area contributed by atoms with Crippen LogP contribution in [-0.4, -0.2) is 33.5 Å². The molecule has 1 saturated carbocycles. The first-order chi connectivity index (χ1) is 9.00. The van der Waals surface area contributed by atoms with Gasteiger partial charge in [-0.05, 0) is 24.7 Å². The van der Waals surface area contributed by atoms with Gasteiger partial charge in [0.2, 0.25) is 0 Å². The van der Waals surface area contributed by atoms with Crippen LogP contribution < -0.4 is 11.1 Å². The van der Waals surface area contributed by atoms with Crippen molar-refractivity contribution >= 4 is 5.91 Å². The Kier molecular flexibility index (Phi) is 4.19. The maximum absolute atomic E-state index is 12.1. The van der Waals surface area contributed by atoms with Crippen LogP contribution in [0, 0.1) is 5.41 Å². The van der Waals surface area contributed by atoms with Gasteiger partial charge in [-0.25, -0.2) is 0 Å². The van der Waals surface area contributed by atoms with Crippen LogP contribution in [0.4, 0.5) is 0 Å². The zero-order chi connectivity index (χ0) is 13.9. The van der Waals surface area contributed by atoms with E-state index in [0.29, 0.717) is 24.2 Å². The molecular weight excluding hydrogens is 242 g/mol. The smallest absolute Gasteiger partial charge is 0.273 e. The summed E-state index contributed by atoms with van der Waals surface area (Å²) in [6, 6.07) is 0.246. The average Bonchev–Trinajstić information content (AvgIpc) is 2.77. The van der Waals surface area contributed by atoms with Crippen molar-refractivity contribution in [2.45, 2.75) is 52.1 Å². The highest BCUT2D eigenvalue weighted by Gasteiger charge is 2.29. The maximum atomic E-state index is 12.1. The van der Waals surface area contributed by atoms with E-state index in [1.807, 2.05) is 0 Å². The van der Waals surface area contributed by atoms with E-state index in [4.69, 9.17) is 5.73 Å². The van der Waals surface area contributed by atoms with Crippen molar-refractivity contribution in [2.24, 2.45) is 11.1 Å². The van der Waals surface area contributed by atoms with E-state index in [1.54, 1.807) is 10.9 Å². The van der Waals surface area contributed by atoms with Gasteiger partial charge in [0.15, 0.2) is 5.69 Å². The lowest BCUT2D eigenvalue weighted by molar-refractivity contribution is 0.0897. The second-order valence-electron chi connectivity index (χ2n) is 6.09. The number of carbonyl (C=O) groups excluding carboxylic acids is 1. The fraction of sp³-hybridized carbons (Fsp3) is 0.769. The molecule has 0 bridgehead atoms. The Labute approximate surface area is 113 Å². The van der Waals surface area contributed by atoms with E-state index < -0.39 is 0 Å². The number of rotatable bonds is 4. The van der Waals surface area contributed by atoms with Crippen molar-refractivity contribution < 1.29 is 4.79 Å². The molecule has 1 amide bonds. The highest BCUT2D eigenvalue weighted by atomic mass is 16.2. The minimum atomic E-state index is -0.133. The van der Waals surface area contributed by atoms with Crippen LogP contribution in [0.1, 0.15) is 50.0 Å². The summed E-state index contributed by atoms with van der Waals surface area (Å²) >= 11 is 0. The van der Waals surface area contributed by atoms with E-state index >= 15 is 0 Å². The topological polar surface area (TPSA) is 85.8 Å². The van der Waals surface area contributed by atoms with Crippen molar-refractivity contribution in [3.05, 3.63) is 11.9 Å². The summed E-state index contributed by atoms with van der Waals surface area (Å²) in [6.07, 6.45) is 6.11. The molecule has 1 aliphatic carbocycles. The molecule has 1 heterocycles. The maximum Gasteiger partial charge on any atom is 0.273 e. The van der Waals surface area contributed by atoms with E-state index in [-0.39, 0.29) is 11.9 Å². The summed E-state index contributed by atoms with van der Waals surface area (Å²) in [5.74, 6) is -0.133. The van der Waals surface area contributed by atoms with Crippen molar-refractivity contribution in [1.29, 1.82) is 0 Å². The molecule has 0 radical (unpaired) electrons. The first kappa shape index (κ1) is 14.0. The third-order valence-electron chi connectivity index (χ3n) is 3.67. The normalized spacial score (nSPS) is 22.2. The first-order valence-corrected chi connectivity index (χ1v) is 6.91. The van der Waals surface area contributed by atoms with Gasteiger partial charge in [-0.3, -0.25) is 9.48 Å². The van der Waals surface area contributed by atoms with E-state index in [9.17, 15) is 4.79 Å². The van der Waals surface area contributed by atoms with Crippen LogP contribution in [0.2, 0.25) is 0 Å². The van der Waals surface area contributed by atoms with Gasteiger partial charge in [0.05, 0.1) is 12.7 Å². The SMILES string of the molecule is CC1(C)CCCC(NC(=O)c2cn(CCN)nn2)C1. The number of nitrogens with one attached hydrogen (secondary N) is 1. The molecule has 19 heavy (non-hydrogen) atoms. The van der Waals surface area contributed by atoms with Crippen molar-refractivity contribution in [1.82, 2.24) is 20.3 Å². The molecule has 1 fully saturated rings. The highest BCUT2D eigenvalue weighted by molar-refractivity contribution is 5.92. The van der Waals surface area contributed by atoms with Crippen LogP contribution >= 0.6 is 0 Å². The predicted molar refractivity (Wildman–Crippen MR) is 72.6 cm³/mol. The first-order valence-electron chi connectivity index (χ1n) is 6.91. The monoisotopic (exact) mass is 265 g/mol. The average molecular weight is 265 g/mol. The second-order valence-corrected chi connectivity index (χ2v) is 6.09. The molecule has 1 aromatic heterocycles. The Morgan fingerprint density at radius 2 is 2.42 bits per heavy atom. The summed E-state index contributed by atoms with van der Waals surface area (Å²) in [5, 5.41) is 10.8. The van der Waals surface area contributed by atoms with Crippen molar-refractivity contribution in [2.75, 3.05) is 6.54 Å². The molecule has 6 heteroatoms. The van der Waals surface area contributed by atoms with Gasteiger partial charge in [0.25, 0.3) is 5.91 Å². The minimum absolute atomic E-state index is 0.133. The van der Waals surface area contributed by atoms with Gasteiger partial charge in [-0.1, -0.05) is 25.5 Å². The third kappa shape index (κ3) is 3.76. The fourth-order valence-corrected chi connectivity index (χ4v) is 2.72. The standard InChI is InChI=1S/C13H23N5O/c1-13(2)5-3-4-10(8-13)15-12(19)11-9-18(7-6-14)17-16-11/h9-10H,3-8,14H2,1-2H3,(H,15,19). The van der Waals surface area contributed by atoms with E-state index in [0.717, 1.165) is 19.3 Å². The molecular formula is C13H23N5O. The molecule has 0 aliphatic heterocycles. The van der Waals surface area contributed by atoms with Gasteiger partial charge in [-0.2, -0.15) is 0 Å². The molecule has 1 aromatic rings. The second kappa shape index (κ2) is 5.69. The lowest BCUT2D eigenvalue weighted by Gasteiger charge is -2.35. The van der Waals surface area contributed by atoms with Crippen LogP contribution in [-0.2, 0) is 6.54 Å². The highest BCUT2D eigenvalue weighted by Crippen LogP contribution is 2.35. The molecule has 1 unspecified atom stereocenters. The Balaban J connectivity index is 1.92. The van der Waals surface area contributed by atoms with Gasteiger partial charge in [-0.15, -0.1) is 5.10 Å². The summed E-state index contributed by atoms with van der Waals surface area (Å²) in [6.45, 7) is 5.57. The zero-order valence-electron chi connectivity index (χ0n) is 11.7. The third-order valence-corrected chi connectivity index (χ3v) is 3.67. The van der Waals surface area contributed by atoms with Crippen molar-refractivity contribution in [3.8, 4) is 0 Å². The van der Waals surface area contributed by atoms with Gasteiger partial charge < -0.3 is 11.1 Å². The quantitative estimate of drug-likeness (QED) is 0.848. The molecule has 3 N–H and O–H groups in total. The summed E-state index contributed by atoms with van der Waals surface area (Å²) in [5.41, 5.74) is 6.12. The van der Waals surface area contributed by atoms with Crippen LogP contribution in [0.5, 0.6) is 0 Å². The predicted octanol–water partition coefficient (Wildman–Crippen LogP) is 0.935. The largest absolute Gasteiger partial charge is 0.348 e. The minimum Gasteiger partial charge on any atom is -0.348 e. The van der Waals surface area contributed by atoms with Crippen molar-refractivity contribution in [3.63, 3.8) is 0 Å². The number of amides is 1. The molecule has 2 rings (SSSR count). The summed E-state index contributed by atoms with van der Waals surface area (Å²) in [7, 11) is 0. The van der Waals surface area contributed by atoms with E-state index in [1.165, 1.54) is 6.42 Å². The van der Waals surface area contributed by atoms with Gasteiger partial charge in [0, 0.05) is 12.6 Å². The Morgan fingerprint density at radius 1 is 1.63 bits per heavy atom. The Morgan fingerprint density at radius 3 is 3.11 bits per heavy atom. The molecule has 1 atom stereocenters. The van der Waals surface area contributed by atoms with Gasteiger partial charge in [0.1, 0.15) is 0 Å². The summed E-state index contributed by atoms with van der Waals surface area (Å²) < 4.78 is 1.60. The van der Waals surface area contributed by atoms with E-state index in [2.05, 4.69) is 29.5 Å². The van der Waals surface area contributed by atoms with Gasteiger partial charge >= 0.3 is 0 Å². The molecule has 106 valence electrons.